The van der Waals surface area contributed by atoms with Gasteiger partial charge in [-0.25, -0.2) is 9.97 Å². The lowest BCUT2D eigenvalue weighted by Gasteiger charge is -2.11. The number of rotatable bonds is 5. The van der Waals surface area contributed by atoms with Crippen molar-refractivity contribution in [1.29, 1.82) is 0 Å². The Labute approximate surface area is 148 Å². The highest BCUT2D eigenvalue weighted by Gasteiger charge is 2.13. The molecule has 0 N–H and O–H groups in total. The molecule has 0 radical (unpaired) electrons. The zero-order chi connectivity index (χ0) is 17.1. The maximum Gasteiger partial charge on any atom is 0.140 e. The highest BCUT2D eigenvalue weighted by molar-refractivity contribution is 7.13. The van der Waals surface area contributed by atoms with Crippen LogP contribution in [0.4, 0.5) is 0 Å². The third-order valence-corrected chi connectivity index (χ3v) is 4.59. The summed E-state index contributed by atoms with van der Waals surface area (Å²) in [6, 6.07) is 6.02. The first-order valence-corrected chi connectivity index (χ1v) is 8.57. The minimum atomic E-state index is 0.613. The van der Waals surface area contributed by atoms with E-state index in [2.05, 4.69) is 30.6 Å². The van der Waals surface area contributed by atoms with Gasteiger partial charge in [-0.15, -0.1) is 11.3 Å². The molecule has 0 aliphatic rings. The van der Waals surface area contributed by atoms with Crippen molar-refractivity contribution in [3.63, 3.8) is 0 Å². The van der Waals surface area contributed by atoms with Gasteiger partial charge in [0.15, 0.2) is 0 Å². The molecule has 0 unspecified atom stereocenters. The van der Waals surface area contributed by atoms with E-state index < -0.39 is 0 Å². The van der Waals surface area contributed by atoms with E-state index >= 15 is 0 Å². The summed E-state index contributed by atoms with van der Waals surface area (Å²) in [6.07, 6.45) is 10.7. The van der Waals surface area contributed by atoms with Gasteiger partial charge in [0.2, 0.25) is 0 Å². The van der Waals surface area contributed by atoms with Crippen molar-refractivity contribution in [1.82, 2.24) is 24.5 Å². The molecule has 0 bridgehead atoms. The topological polar surface area (TPSA) is 65.7 Å². The number of imidazole rings is 1. The van der Waals surface area contributed by atoms with Crippen molar-refractivity contribution in [2.45, 2.75) is 6.54 Å². The van der Waals surface area contributed by atoms with E-state index in [9.17, 15) is 0 Å². The van der Waals surface area contributed by atoms with Crippen LogP contribution in [-0.4, -0.2) is 31.6 Å². The van der Waals surface area contributed by atoms with Crippen LogP contribution in [0, 0.1) is 0 Å². The Morgan fingerprint density at radius 2 is 2.04 bits per heavy atom. The third kappa shape index (κ3) is 3.14. The first kappa shape index (κ1) is 15.5. The molecular formula is C18H15N5OS. The van der Waals surface area contributed by atoms with Gasteiger partial charge < -0.3 is 9.30 Å². The number of benzene rings is 1. The molecule has 124 valence electrons. The predicted molar refractivity (Wildman–Crippen MR) is 96.5 cm³/mol. The minimum absolute atomic E-state index is 0.613. The zero-order valence-electron chi connectivity index (χ0n) is 13.5. The lowest BCUT2D eigenvalue weighted by molar-refractivity contribution is 0.416. The van der Waals surface area contributed by atoms with Gasteiger partial charge in [-0.05, 0) is 18.2 Å². The number of hydrogen-bond acceptors (Lipinski definition) is 6. The summed E-state index contributed by atoms with van der Waals surface area (Å²) in [4.78, 5) is 17.4. The zero-order valence-corrected chi connectivity index (χ0v) is 14.3. The number of ether oxygens (including phenoxy) is 1. The summed E-state index contributed by atoms with van der Waals surface area (Å²) in [5.41, 5.74) is 2.85. The summed E-state index contributed by atoms with van der Waals surface area (Å²) >= 11 is 1.58. The SMILES string of the molecule is COc1ccc(-c2nccn2Cc2cnccn2)cc1-c1nccs1. The molecule has 4 rings (SSSR count). The van der Waals surface area contributed by atoms with Crippen molar-refractivity contribution in [2.24, 2.45) is 0 Å². The van der Waals surface area contributed by atoms with Crippen molar-refractivity contribution < 1.29 is 4.74 Å². The number of methoxy groups -OCH3 is 1. The van der Waals surface area contributed by atoms with Gasteiger partial charge in [0.05, 0.1) is 31.1 Å². The molecule has 0 spiro atoms. The number of hydrogen-bond donors (Lipinski definition) is 0. The van der Waals surface area contributed by atoms with Crippen LogP contribution < -0.4 is 4.74 Å². The molecular weight excluding hydrogens is 334 g/mol. The second-order valence-electron chi connectivity index (χ2n) is 5.33. The monoisotopic (exact) mass is 349 g/mol. The van der Waals surface area contributed by atoms with Crippen molar-refractivity contribution >= 4 is 11.3 Å². The fourth-order valence-electron chi connectivity index (χ4n) is 2.65. The molecule has 0 fully saturated rings. The lowest BCUT2D eigenvalue weighted by atomic mass is 10.1. The van der Waals surface area contributed by atoms with Crippen LogP contribution >= 0.6 is 11.3 Å². The fourth-order valence-corrected chi connectivity index (χ4v) is 3.31. The van der Waals surface area contributed by atoms with Crippen LogP contribution in [-0.2, 0) is 6.54 Å². The van der Waals surface area contributed by atoms with Gasteiger partial charge in [0.1, 0.15) is 16.6 Å². The average molecular weight is 349 g/mol. The average Bonchev–Trinajstić information content (AvgIpc) is 3.34. The van der Waals surface area contributed by atoms with E-state index in [1.165, 1.54) is 0 Å². The molecule has 0 amide bonds. The molecule has 3 heterocycles. The third-order valence-electron chi connectivity index (χ3n) is 3.78. The largest absolute Gasteiger partial charge is 0.496 e. The van der Waals surface area contributed by atoms with Crippen molar-refractivity contribution in [3.05, 3.63) is 66.5 Å². The number of thiazole rings is 1. The van der Waals surface area contributed by atoms with Gasteiger partial charge in [0.25, 0.3) is 0 Å². The van der Waals surface area contributed by atoms with Crippen LogP contribution in [0.3, 0.4) is 0 Å². The lowest BCUT2D eigenvalue weighted by Crippen LogP contribution is -2.03. The Morgan fingerprint density at radius 3 is 2.80 bits per heavy atom. The van der Waals surface area contributed by atoms with Gasteiger partial charge in [0, 0.05) is 41.9 Å². The smallest absolute Gasteiger partial charge is 0.140 e. The van der Waals surface area contributed by atoms with Gasteiger partial charge in [-0.3, -0.25) is 9.97 Å². The molecule has 0 aliphatic carbocycles. The summed E-state index contributed by atoms with van der Waals surface area (Å²) < 4.78 is 7.54. The molecule has 0 aliphatic heterocycles. The highest BCUT2D eigenvalue weighted by Crippen LogP contribution is 2.34. The molecule has 6 nitrogen and oxygen atoms in total. The molecule has 3 aromatic heterocycles. The molecule has 1 aromatic carbocycles. The summed E-state index contributed by atoms with van der Waals surface area (Å²) in [5, 5.41) is 2.88. The molecule has 7 heteroatoms. The first-order valence-electron chi connectivity index (χ1n) is 7.69. The summed E-state index contributed by atoms with van der Waals surface area (Å²) in [6.45, 7) is 0.613. The highest BCUT2D eigenvalue weighted by atomic mass is 32.1. The second-order valence-corrected chi connectivity index (χ2v) is 6.22. The predicted octanol–water partition coefficient (Wildman–Crippen LogP) is 3.52. The fraction of sp³-hybridized carbons (Fsp3) is 0.111. The Morgan fingerprint density at radius 1 is 1.08 bits per heavy atom. The first-order chi connectivity index (χ1) is 12.3. The second kappa shape index (κ2) is 6.82. The quantitative estimate of drug-likeness (QED) is 0.551. The van der Waals surface area contributed by atoms with Gasteiger partial charge in [-0.2, -0.15) is 0 Å². The number of aromatic nitrogens is 5. The van der Waals surface area contributed by atoms with E-state index in [0.29, 0.717) is 6.54 Å². The molecule has 0 atom stereocenters. The van der Waals surface area contributed by atoms with Crippen LogP contribution in [0.1, 0.15) is 5.69 Å². The van der Waals surface area contributed by atoms with E-state index in [1.807, 2.05) is 23.7 Å². The normalized spacial score (nSPS) is 10.8. The Bertz CT molecular complexity index is 966. The van der Waals surface area contributed by atoms with Crippen LogP contribution in [0.5, 0.6) is 5.75 Å². The summed E-state index contributed by atoms with van der Waals surface area (Å²) in [5.74, 6) is 1.66. The molecule has 0 saturated carbocycles. The van der Waals surface area contributed by atoms with E-state index in [1.54, 1.807) is 49.4 Å². The maximum absolute atomic E-state index is 5.49. The van der Waals surface area contributed by atoms with E-state index in [-0.39, 0.29) is 0 Å². The van der Waals surface area contributed by atoms with E-state index in [4.69, 9.17) is 4.74 Å². The van der Waals surface area contributed by atoms with Crippen LogP contribution in [0.15, 0.2) is 60.8 Å². The van der Waals surface area contributed by atoms with Crippen molar-refractivity contribution in [3.8, 4) is 27.7 Å². The Kier molecular flexibility index (Phi) is 4.22. The maximum atomic E-state index is 5.49. The van der Waals surface area contributed by atoms with Crippen molar-refractivity contribution in [2.75, 3.05) is 7.11 Å². The molecule has 4 aromatic rings. The standard InChI is InChI=1S/C18H15N5OS/c1-24-16-3-2-13(10-15(16)18-22-7-9-25-18)17-21-6-8-23(17)12-14-11-19-4-5-20-14/h2-11H,12H2,1H3. The molecule has 25 heavy (non-hydrogen) atoms. The van der Waals surface area contributed by atoms with Crippen LogP contribution in [0.2, 0.25) is 0 Å². The van der Waals surface area contributed by atoms with Gasteiger partial charge in [-0.1, -0.05) is 0 Å². The minimum Gasteiger partial charge on any atom is -0.496 e. The summed E-state index contributed by atoms with van der Waals surface area (Å²) in [7, 11) is 1.67. The Hall–Kier alpha value is -3.06. The molecule has 0 saturated heterocycles. The van der Waals surface area contributed by atoms with Gasteiger partial charge >= 0.3 is 0 Å². The number of nitrogens with zero attached hydrogens (tertiary/aromatic N) is 5. The van der Waals surface area contributed by atoms with E-state index in [0.717, 1.165) is 33.4 Å². The Balaban J connectivity index is 1.74. The van der Waals surface area contributed by atoms with Crippen LogP contribution in [0.25, 0.3) is 22.0 Å².